The number of carbonyl (C=O) groups excluding carboxylic acids is 1. The Balaban J connectivity index is 0.000000201. The molecule has 10 nitrogen and oxygen atoms in total. The number of para-hydroxylation sites is 1. The smallest absolute Gasteiger partial charge is 0.347 e. The van der Waals surface area contributed by atoms with Gasteiger partial charge in [-0.05, 0) is 55.6 Å². The molecule has 5 rings (SSSR count). The van der Waals surface area contributed by atoms with E-state index >= 15 is 0 Å². The number of aryl methyl sites for hydroxylation is 1. The number of halogens is 2. The number of likely N-dealkylation sites (tertiary alicyclic amines) is 1. The maximum Gasteiger partial charge on any atom is 0.347 e. The predicted octanol–water partition coefficient (Wildman–Crippen LogP) is 3.83. The number of anilines is 1. The van der Waals surface area contributed by atoms with Crippen molar-refractivity contribution in [3.8, 4) is 16.9 Å². The minimum absolute atomic E-state index is 0.307. The summed E-state index contributed by atoms with van der Waals surface area (Å²) in [5, 5.41) is 7.17. The maximum atomic E-state index is 13.1. The van der Waals surface area contributed by atoms with Gasteiger partial charge in [0.25, 0.3) is 0 Å². The Hall–Kier alpha value is -4.42. The highest BCUT2D eigenvalue weighted by Crippen LogP contribution is 2.30. The largest absolute Gasteiger partial charge is 0.383 e. The molecule has 1 unspecified atom stereocenters. The van der Waals surface area contributed by atoms with Crippen LogP contribution in [0.5, 0.6) is 0 Å². The molecule has 1 atom stereocenters. The molecular formula is C29H33F2N7O3. The van der Waals surface area contributed by atoms with E-state index in [1.54, 1.807) is 31.1 Å². The van der Waals surface area contributed by atoms with Gasteiger partial charge in [0.1, 0.15) is 11.5 Å². The molecule has 1 fully saturated rings. The fraction of sp³-hybridized carbons (Fsp3) is 0.310. The number of urea groups is 1. The summed E-state index contributed by atoms with van der Waals surface area (Å²) < 4.78 is 33.9. The molecule has 0 spiro atoms. The van der Waals surface area contributed by atoms with Crippen molar-refractivity contribution in [2.45, 2.75) is 19.3 Å². The van der Waals surface area contributed by atoms with Crippen LogP contribution >= 0.6 is 0 Å². The number of hydrogen-bond donors (Lipinski definition) is 2. The number of aromatic nitrogens is 4. The number of methoxy groups -OCH3 is 1. The first-order valence-electron chi connectivity index (χ1n) is 13.1. The molecular weight excluding hydrogens is 532 g/mol. The van der Waals surface area contributed by atoms with Crippen molar-refractivity contribution in [3.63, 3.8) is 0 Å². The van der Waals surface area contributed by atoms with Crippen molar-refractivity contribution in [1.82, 2.24) is 24.2 Å². The summed E-state index contributed by atoms with van der Waals surface area (Å²) in [6.45, 7) is 5.32. The van der Waals surface area contributed by atoms with E-state index in [4.69, 9.17) is 10.5 Å². The Morgan fingerprint density at radius 3 is 2.59 bits per heavy atom. The lowest BCUT2D eigenvalue weighted by Crippen LogP contribution is -2.24. The van der Waals surface area contributed by atoms with Gasteiger partial charge in [-0.15, -0.1) is 0 Å². The molecule has 0 aliphatic carbocycles. The van der Waals surface area contributed by atoms with Crippen molar-refractivity contribution in [1.29, 1.82) is 0 Å². The van der Waals surface area contributed by atoms with Gasteiger partial charge in [-0.3, -0.25) is 5.32 Å². The molecule has 1 saturated heterocycles. The summed E-state index contributed by atoms with van der Waals surface area (Å²) in [5.41, 5.74) is 8.58. The Bertz CT molecular complexity index is 1560. The predicted molar refractivity (Wildman–Crippen MR) is 152 cm³/mol. The van der Waals surface area contributed by atoms with Crippen LogP contribution in [-0.2, 0) is 11.8 Å². The van der Waals surface area contributed by atoms with Crippen molar-refractivity contribution < 1.29 is 18.3 Å². The molecule has 3 heterocycles. The summed E-state index contributed by atoms with van der Waals surface area (Å²) in [7, 11) is 3.30. The normalized spacial score (nSPS) is 14.9. The molecule has 0 saturated carbocycles. The number of nitrogens with one attached hydrogen (secondary N) is 1. The van der Waals surface area contributed by atoms with Crippen LogP contribution in [0.15, 0.2) is 65.7 Å². The molecule has 216 valence electrons. The van der Waals surface area contributed by atoms with Gasteiger partial charge >= 0.3 is 11.7 Å². The third-order valence-corrected chi connectivity index (χ3v) is 6.89. The van der Waals surface area contributed by atoms with Gasteiger partial charge in [0.05, 0.1) is 12.3 Å². The first-order valence-corrected chi connectivity index (χ1v) is 13.1. The Morgan fingerprint density at radius 1 is 1.17 bits per heavy atom. The number of benzene rings is 2. The minimum Gasteiger partial charge on any atom is -0.383 e. The Morgan fingerprint density at radius 2 is 1.93 bits per heavy atom. The zero-order valence-corrected chi connectivity index (χ0v) is 23.2. The van der Waals surface area contributed by atoms with Gasteiger partial charge in [-0.25, -0.2) is 28.0 Å². The highest BCUT2D eigenvalue weighted by molar-refractivity contribution is 5.89. The number of nitrogens with two attached hydrogens (primary N) is 1. The lowest BCUT2D eigenvalue weighted by Gasteiger charge is -2.15. The molecule has 0 radical (unpaired) electrons. The highest BCUT2D eigenvalue weighted by atomic mass is 19.2. The van der Waals surface area contributed by atoms with Gasteiger partial charge in [0, 0.05) is 50.8 Å². The van der Waals surface area contributed by atoms with E-state index in [0.717, 1.165) is 42.9 Å². The van der Waals surface area contributed by atoms with E-state index in [9.17, 15) is 18.4 Å². The van der Waals surface area contributed by atoms with Crippen molar-refractivity contribution in [2.75, 3.05) is 38.7 Å². The number of ether oxygens (including phenoxy) is 1. The lowest BCUT2D eigenvalue weighted by atomic mass is 9.98. The van der Waals surface area contributed by atoms with Crippen molar-refractivity contribution in [3.05, 3.63) is 94.2 Å². The van der Waals surface area contributed by atoms with Crippen LogP contribution in [0.2, 0.25) is 0 Å². The van der Waals surface area contributed by atoms with E-state index in [2.05, 4.69) is 20.3 Å². The average molecular weight is 566 g/mol. The fourth-order valence-electron chi connectivity index (χ4n) is 4.72. The second-order valence-electron chi connectivity index (χ2n) is 9.75. The highest BCUT2D eigenvalue weighted by Gasteiger charge is 2.24. The fourth-order valence-corrected chi connectivity index (χ4v) is 4.72. The maximum absolute atomic E-state index is 13.1. The number of primary amides is 1. The van der Waals surface area contributed by atoms with E-state index in [-0.39, 0.29) is 5.69 Å². The molecule has 1 aliphatic rings. The van der Waals surface area contributed by atoms with E-state index in [1.807, 2.05) is 37.3 Å². The monoisotopic (exact) mass is 565 g/mol. The summed E-state index contributed by atoms with van der Waals surface area (Å²) in [5.74, 6) is -0.750. The van der Waals surface area contributed by atoms with E-state index in [1.165, 1.54) is 22.9 Å². The topological polar surface area (TPSA) is 120 Å². The third-order valence-electron chi connectivity index (χ3n) is 6.89. The molecule has 2 aromatic heterocycles. The van der Waals surface area contributed by atoms with Gasteiger partial charge in [0.15, 0.2) is 11.6 Å². The minimum atomic E-state index is -0.775. The van der Waals surface area contributed by atoms with Crippen molar-refractivity contribution >= 4 is 11.8 Å². The molecule has 41 heavy (non-hydrogen) atoms. The van der Waals surface area contributed by atoms with Crippen LogP contribution in [0.1, 0.15) is 23.5 Å². The molecule has 3 N–H and O–H groups in total. The van der Waals surface area contributed by atoms with Crippen LogP contribution in [0, 0.1) is 18.6 Å². The first-order chi connectivity index (χ1) is 19.7. The molecule has 2 aromatic carbocycles. The molecule has 0 bridgehead atoms. The molecule has 2 amide bonds. The van der Waals surface area contributed by atoms with Crippen LogP contribution in [0.3, 0.4) is 0 Å². The zero-order chi connectivity index (χ0) is 29.5. The standard InChI is InChI=1S/C16H16N6O2.C13H17F2NO/c1-10-13(11-8-18-16(24)21(2)9-11)20-22(14(10)19-15(17)23)12-6-4-3-5-7-12;1-17-7-6-16-5-4-11(9-16)10-2-3-12(14)13(15)8-10/h3-9H,1-2H3,(H3,17,19,23);2-3,8,11H,4-7,9H2,1H3. The second-order valence-corrected chi connectivity index (χ2v) is 9.75. The zero-order valence-electron chi connectivity index (χ0n) is 23.2. The third kappa shape index (κ3) is 7.21. The number of hydrogen-bond acceptors (Lipinski definition) is 6. The van der Waals surface area contributed by atoms with Gasteiger partial charge in [0.2, 0.25) is 0 Å². The number of amides is 2. The number of nitrogens with zero attached hydrogens (tertiary/aromatic N) is 5. The van der Waals surface area contributed by atoms with Crippen LogP contribution in [0.4, 0.5) is 19.4 Å². The SMILES string of the molecule is COCCN1CCC(c2ccc(F)c(F)c2)C1.Cc1c(-c2cnc(=O)n(C)c2)nn(-c2ccccc2)c1NC(N)=O. The summed E-state index contributed by atoms with van der Waals surface area (Å²) in [4.78, 5) is 28.9. The summed E-state index contributed by atoms with van der Waals surface area (Å²) >= 11 is 0. The van der Waals surface area contributed by atoms with Crippen LogP contribution < -0.4 is 16.7 Å². The summed E-state index contributed by atoms with van der Waals surface area (Å²) in [6.07, 6.45) is 4.10. The van der Waals surface area contributed by atoms with Crippen LogP contribution in [-0.4, -0.2) is 63.6 Å². The molecule has 12 heteroatoms. The van der Waals surface area contributed by atoms with Crippen molar-refractivity contribution in [2.24, 2.45) is 12.8 Å². The van der Waals surface area contributed by atoms with Crippen LogP contribution in [0.25, 0.3) is 16.9 Å². The van der Waals surface area contributed by atoms with E-state index < -0.39 is 17.7 Å². The Labute approximate surface area is 236 Å². The quantitative estimate of drug-likeness (QED) is 0.352. The molecule has 4 aromatic rings. The molecule has 1 aliphatic heterocycles. The number of carbonyl (C=O) groups is 1. The second kappa shape index (κ2) is 13.3. The average Bonchev–Trinajstić information content (AvgIpc) is 3.56. The van der Waals surface area contributed by atoms with Gasteiger partial charge < -0.3 is 19.9 Å². The van der Waals surface area contributed by atoms with Gasteiger partial charge in [-0.1, -0.05) is 24.3 Å². The Kier molecular flexibility index (Phi) is 9.58. The lowest BCUT2D eigenvalue weighted by molar-refractivity contribution is 0.160. The van der Waals surface area contributed by atoms with Gasteiger partial charge in [-0.2, -0.15) is 5.10 Å². The van der Waals surface area contributed by atoms with E-state index in [0.29, 0.717) is 29.6 Å². The number of rotatable bonds is 7. The first kappa shape index (κ1) is 29.6. The summed E-state index contributed by atoms with van der Waals surface area (Å²) in [6, 6.07) is 12.9.